The molecule has 0 bridgehead atoms. The fourth-order valence-corrected chi connectivity index (χ4v) is 1.98. The number of carbonyl (C=O) groups excluding carboxylic acids is 1. The molecular weight excluding hydrogens is 256 g/mol. The molecule has 1 aromatic carbocycles. The molecule has 6 heteroatoms. The number of Topliss-reactive ketones (excluding diaryl/α,β-unsaturated/α-hetero) is 1. The van der Waals surface area contributed by atoms with Crippen molar-refractivity contribution in [3.05, 3.63) is 24.3 Å². The van der Waals surface area contributed by atoms with E-state index in [0.717, 1.165) is 0 Å². The number of hydrogen-bond acceptors (Lipinski definition) is 5. The SMILES string of the molecule is C#CCOc1ccc(S(=O)(=O)OCC(C)=O)cc1. The number of rotatable bonds is 6. The van der Waals surface area contributed by atoms with Gasteiger partial charge in [0.2, 0.25) is 0 Å². The zero-order valence-electron chi connectivity index (χ0n) is 9.75. The van der Waals surface area contributed by atoms with Crippen LogP contribution in [0.25, 0.3) is 0 Å². The van der Waals surface area contributed by atoms with Crippen LogP contribution in [0.15, 0.2) is 29.2 Å². The van der Waals surface area contributed by atoms with Gasteiger partial charge in [0, 0.05) is 0 Å². The van der Waals surface area contributed by atoms with Crippen molar-refractivity contribution in [2.75, 3.05) is 13.2 Å². The zero-order chi connectivity index (χ0) is 13.6. The summed E-state index contributed by atoms with van der Waals surface area (Å²) in [6.45, 7) is 0.872. The van der Waals surface area contributed by atoms with Crippen LogP contribution in [0.1, 0.15) is 6.92 Å². The van der Waals surface area contributed by atoms with Gasteiger partial charge in [0.25, 0.3) is 10.1 Å². The van der Waals surface area contributed by atoms with Gasteiger partial charge in [0.05, 0.1) is 4.90 Å². The Balaban J connectivity index is 2.78. The van der Waals surface area contributed by atoms with Crippen LogP contribution >= 0.6 is 0 Å². The molecule has 0 atom stereocenters. The Morgan fingerprint density at radius 2 is 1.94 bits per heavy atom. The molecule has 0 aliphatic heterocycles. The molecule has 0 spiro atoms. The first-order valence-electron chi connectivity index (χ1n) is 5.01. The summed E-state index contributed by atoms with van der Waals surface area (Å²) in [7, 11) is -3.91. The van der Waals surface area contributed by atoms with Crippen LogP contribution < -0.4 is 4.74 Å². The first-order valence-corrected chi connectivity index (χ1v) is 6.42. The average molecular weight is 268 g/mol. The van der Waals surface area contributed by atoms with Crippen LogP contribution in [-0.4, -0.2) is 27.4 Å². The van der Waals surface area contributed by atoms with Crippen LogP contribution in [0.3, 0.4) is 0 Å². The molecule has 0 unspecified atom stereocenters. The van der Waals surface area contributed by atoms with Crippen molar-refractivity contribution < 1.29 is 22.1 Å². The summed E-state index contributed by atoms with van der Waals surface area (Å²) in [4.78, 5) is 10.6. The largest absolute Gasteiger partial charge is 0.481 e. The van der Waals surface area contributed by atoms with Crippen LogP contribution in [0.5, 0.6) is 5.75 Å². The summed E-state index contributed by atoms with van der Waals surface area (Å²) in [5, 5.41) is 0. The maximum Gasteiger partial charge on any atom is 0.297 e. The molecule has 1 aromatic rings. The second-order valence-corrected chi connectivity index (χ2v) is 5.00. The molecule has 0 saturated heterocycles. The fourth-order valence-electron chi connectivity index (χ4n) is 1.06. The molecule has 0 N–H and O–H groups in total. The van der Waals surface area contributed by atoms with Crippen molar-refractivity contribution in [1.29, 1.82) is 0 Å². The molecule has 18 heavy (non-hydrogen) atoms. The third kappa shape index (κ3) is 4.20. The molecule has 0 heterocycles. The van der Waals surface area contributed by atoms with E-state index in [2.05, 4.69) is 10.1 Å². The van der Waals surface area contributed by atoms with E-state index in [1.165, 1.54) is 31.2 Å². The molecule has 5 nitrogen and oxygen atoms in total. The summed E-state index contributed by atoms with van der Waals surface area (Å²) < 4.78 is 32.9. The second-order valence-electron chi connectivity index (χ2n) is 3.38. The standard InChI is InChI=1S/C12H12O5S/c1-3-8-16-11-4-6-12(7-5-11)18(14,15)17-9-10(2)13/h1,4-7H,8-9H2,2H3. The molecule has 0 aromatic heterocycles. The van der Waals surface area contributed by atoms with Gasteiger partial charge >= 0.3 is 0 Å². The van der Waals surface area contributed by atoms with E-state index >= 15 is 0 Å². The molecule has 1 rings (SSSR count). The first kappa shape index (κ1) is 14.2. The Morgan fingerprint density at radius 1 is 1.33 bits per heavy atom. The number of terminal acetylenes is 1. The zero-order valence-corrected chi connectivity index (χ0v) is 10.6. The monoisotopic (exact) mass is 268 g/mol. The number of carbonyl (C=O) groups is 1. The fraction of sp³-hybridized carbons (Fsp3) is 0.250. The quantitative estimate of drug-likeness (QED) is 0.568. The normalized spacial score (nSPS) is 10.7. The molecule has 0 saturated carbocycles. The Bertz CT molecular complexity index is 551. The van der Waals surface area contributed by atoms with Gasteiger partial charge in [-0.3, -0.25) is 8.98 Å². The van der Waals surface area contributed by atoms with Crippen molar-refractivity contribution >= 4 is 15.9 Å². The van der Waals surface area contributed by atoms with E-state index in [1.807, 2.05) is 0 Å². The van der Waals surface area contributed by atoms with E-state index in [4.69, 9.17) is 11.2 Å². The predicted molar refractivity (Wildman–Crippen MR) is 64.6 cm³/mol. The van der Waals surface area contributed by atoms with Gasteiger partial charge < -0.3 is 4.74 Å². The highest BCUT2D eigenvalue weighted by Gasteiger charge is 2.15. The van der Waals surface area contributed by atoms with Crippen molar-refractivity contribution in [2.24, 2.45) is 0 Å². The molecule has 0 fully saturated rings. The minimum absolute atomic E-state index is 0.0446. The topological polar surface area (TPSA) is 69.7 Å². The molecule has 96 valence electrons. The molecule has 0 aliphatic rings. The van der Waals surface area contributed by atoms with E-state index in [1.54, 1.807) is 0 Å². The van der Waals surface area contributed by atoms with E-state index < -0.39 is 16.7 Å². The Morgan fingerprint density at radius 3 is 2.44 bits per heavy atom. The van der Waals surface area contributed by atoms with Crippen molar-refractivity contribution in [3.63, 3.8) is 0 Å². The van der Waals surface area contributed by atoms with Gasteiger partial charge in [-0.05, 0) is 31.2 Å². The number of hydrogen-bond donors (Lipinski definition) is 0. The van der Waals surface area contributed by atoms with Crippen molar-refractivity contribution in [1.82, 2.24) is 0 Å². The maximum atomic E-state index is 11.6. The van der Waals surface area contributed by atoms with Gasteiger partial charge in [-0.2, -0.15) is 8.42 Å². The third-order valence-corrected chi connectivity index (χ3v) is 3.13. The Labute approximate surface area is 106 Å². The molecule has 0 aliphatic carbocycles. The van der Waals surface area contributed by atoms with Gasteiger partial charge in [0.1, 0.15) is 19.0 Å². The predicted octanol–water partition coefficient (Wildman–Crippen LogP) is 0.993. The molecule has 0 amide bonds. The summed E-state index contributed by atoms with van der Waals surface area (Å²) in [6, 6.07) is 5.56. The summed E-state index contributed by atoms with van der Waals surface area (Å²) in [5.41, 5.74) is 0. The van der Waals surface area contributed by atoms with Crippen LogP contribution in [0.4, 0.5) is 0 Å². The third-order valence-electron chi connectivity index (χ3n) is 1.85. The van der Waals surface area contributed by atoms with Crippen molar-refractivity contribution in [2.45, 2.75) is 11.8 Å². The van der Waals surface area contributed by atoms with E-state index in [-0.39, 0.29) is 17.3 Å². The van der Waals surface area contributed by atoms with Gasteiger partial charge in [-0.1, -0.05) is 5.92 Å². The number of ketones is 1. The minimum atomic E-state index is -3.91. The first-order chi connectivity index (χ1) is 8.45. The lowest BCUT2D eigenvalue weighted by atomic mass is 10.3. The minimum Gasteiger partial charge on any atom is -0.481 e. The Kier molecular flexibility index (Phi) is 4.89. The highest BCUT2D eigenvalue weighted by Crippen LogP contribution is 2.17. The lowest BCUT2D eigenvalue weighted by Gasteiger charge is -2.05. The van der Waals surface area contributed by atoms with Crippen LogP contribution in [0, 0.1) is 12.3 Å². The Hall–Kier alpha value is -1.84. The van der Waals surface area contributed by atoms with Gasteiger partial charge in [-0.25, -0.2) is 0 Å². The summed E-state index contributed by atoms with van der Waals surface area (Å²) in [6.07, 6.45) is 5.02. The lowest BCUT2D eigenvalue weighted by Crippen LogP contribution is -2.12. The smallest absolute Gasteiger partial charge is 0.297 e. The molecular formula is C12H12O5S. The van der Waals surface area contributed by atoms with E-state index in [9.17, 15) is 13.2 Å². The highest BCUT2D eigenvalue weighted by molar-refractivity contribution is 7.86. The summed E-state index contributed by atoms with van der Waals surface area (Å²) in [5.74, 6) is 2.38. The summed E-state index contributed by atoms with van der Waals surface area (Å²) >= 11 is 0. The lowest BCUT2D eigenvalue weighted by molar-refractivity contribution is -0.118. The average Bonchev–Trinajstić information content (AvgIpc) is 2.34. The highest BCUT2D eigenvalue weighted by atomic mass is 32.2. The molecule has 0 radical (unpaired) electrons. The second kappa shape index (κ2) is 6.19. The van der Waals surface area contributed by atoms with E-state index in [0.29, 0.717) is 5.75 Å². The van der Waals surface area contributed by atoms with Crippen molar-refractivity contribution in [3.8, 4) is 18.1 Å². The maximum absolute atomic E-state index is 11.6. The van der Waals surface area contributed by atoms with Crippen LogP contribution in [0.2, 0.25) is 0 Å². The number of benzene rings is 1. The van der Waals surface area contributed by atoms with Gasteiger partial charge in [0.15, 0.2) is 5.78 Å². The number of ether oxygens (including phenoxy) is 1. The van der Waals surface area contributed by atoms with Gasteiger partial charge in [-0.15, -0.1) is 6.42 Å². The van der Waals surface area contributed by atoms with Crippen LogP contribution in [-0.2, 0) is 19.1 Å².